The molecule has 0 bridgehead atoms. The van der Waals surface area contributed by atoms with Gasteiger partial charge in [-0.2, -0.15) is 0 Å². The molecule has 0 aliphatic rings. The molecule has 2 aromatic rings. The summed E-state index contributed by atoms with van der Waals surface area (Å²) in [7, 11) is -2.13. The van der Waals surface area contributed by atoms with E-state index in [-0.39, 0.29) is 16.7 Å². The lowest BCUT2D eigenvalue weighted by atomic mass is 10.5. The lowest BCUT2D eigenvalue weighted by molar-refractivity contribution is 0.196. The van der Waals surface area contributed by atoms with E-state index in [0.717, 1.165) is 0 Å². The zero-order chi connectivity index (χ0) is 13.9. The van der Waals surface area contributed by atoms with Crippen molar-refractivity contribution in [1.29, 1.82) is 0 Å². The van der Waals surface area contributed by atoms with Crippen molar-refractivity contribution in [2.45, 2.75) is 11.4 Å². The molecule has 8 heteroatoms. The first kappa shape index (κ1) is 14.3. The minimum absolute atomic E-state index is 0.0366. The normalized spacial score (nSPS) is 12.1. The molecule has 0 aliphatic carbocycles. The molecule has 0 amide bonds. The van der Waals surface area contributed by atoms with E-state index >= 15 is 0 Å². The van der Waals surface area contributed by atoms with Gasteiger partial charge in [-0.3, -0.25) is 4.40 Å². The molecule has 0 saturated carbocycles. The van der Waals surface area contributed by atoms with Crippen LogP contribution in [0.4, 0.5) is 0 Å². The molecule has 0 aliphatic heterocycles. The van der Waals surface area contributed by atoms with Crippen LogP contribution >= 0.6 is 11.6 Å². The zero-order valence-electron chi connectivity index (χ0n) is 10.3. The van der Waals surface area contributed by atoms with Crippen molar-refractivity contribution in [3.63, 3.8) is 0 Å². The smallest absolute Gasteiger partial charge is 0.259 e. The fourth-order valence-corrected chi connectivity index (χ4v) is 3.39. The summed E-state index contributed by atoms with van der Waals surface area (Å²) in [5.74, 6) is 0. The number of sulfonamides is 1. The molecule has 19 heavy (non-hydrogen) atoms. The Balaban J connectivity index is 2.30. The highest BCUT2D eigenvalue weighted by Gasteiger charge is 2.23. The van der Waals surface area contributed by atoms with Gasteiger partial charge in [0, 0.05) is 26.5 Å². The van der Waals surface area contributed by atoms with Gasteiger partial charge in [0.25, 0.3) is 10.0 Å². The number of pyridine rings is 1. The van der Waals surface area contributed by atoms with Gasteiger partial charge in [0.05, 0.1) is 0 Å². The summed E-state index contributed by atoms with van der Waals surface area (Å²) >= 11 is 5.92. The molecule has 0 fully saturated rings. The average molecular weight is 304 g/mol. The van der Waals surface area contributed by atoms with Crippen molar-refractivity contribution in [3.05, 3.63) is 29.5 Å². The highest BCUT2D eigenvalue weighted by Crippen LogP contribution is 2.22. The summed E-state index contributed by atoms with van der Waals surface area (Å²) in [6.45, 7) is 0.774. The number of hydrogen-bond acceptors (Lipinski definition) is 4. The molecular formula is C11H14ClN3O3S. The number of ether oxygens (including phenoxy) is 1. The average Bonchev–Trinajstić information content (AvgIpc) is 2.71. The van der Waals surface area contributed by atoms with Gasteiger partial charge in [0.15, 0.2) is 10.2 Å². The Kier molecular flexibility index (Phi) is 4.41. The van der Waals surface area contributed by atoms with Crippen molar-refractivity contribution in [2.75, 3.05) is 20.3 Å². The van der Waals surface area contributed by atoms with Gasteiger partial charge in [0.2, 0.25) is 0 Å². The Morgan fingerprint density at radius 2 is 2.26 bits per heavy atom. The monoisotopic (exact) mass is 303 g/mol. The van der Waals surface area contributed by atoms with E-state index in [1.165, 1.54) is 4.40 Å². The summed E-state index contributed by atoms with van der Waals surface area (Å²) in [5, 5.41) is -0.0763. The van der Waals surface area contributed by atoms with Gasteiger partial charge in [-0.1, -0.05) is 17.7 Å². The number of rotatable bonds is 6. The van der Waals surface area contributed by atoms with Gasteiger partial charge in [-0.15, -0.1) is 0 Å². The maximum Gasteiger partial charge on any atom is 0.259 e. The SMILES string of the molecule is COCCCNS(=O)(=O)c1c(Cl)nc2ccccn12. The Bertz CT molecular complexity index is 669. The quantitative estimate of drug-likeness (QED) is 0.817. The van der Waals surface area contributed by atoms with E-state index in [2.05, 4.69) is 9.71 Å². The highest BCUT2D eigenvalue weighted by molar-refractivity contribution is 7.89. The molecule has 2 aromatic heterocycles. The summed E-state index contributed by atoms with van der Waals surface area (Å²) in [5.41, 5.74) is 0.491. The number of imidazole rings is 1. The largest absolute Gasteiger partial charge is 0.385 e. The Hall–Kier alpha value is -1.15. The lowest BCUT2D eigenvalue weighted by Gasteiger charge is -2.06. The van der Waals surface area contributed by atoms with Gasteiger partial charge >= 0.3 is 0 Å². The van der Waals surface area contributed by atoms with Gasteiger partial charge in [-0.25, -0.2) is 18.1 Å². The Morgan fingerprint density at radius 1 is 1.47 bits per heavy atom. The molecule has 104 valence electrons. The van der Waals surface area contributed by atoms with Crippen LogP contribution in [-0.4, -0.2) is 38.1 Å². The van der Waals surface area contributed by atoms with Crippen LogP contribution in [0.25, 0.3) is 5.65 Å². The van der Waals surface area contributed by atoms with Crippen LogP contribution in [0.3, 0.4) is 0 Å². The molecule has 0 atom stereocenters. The van der Waals surface area contributed by atoms with Crippen molar-refractivity contribution < 1.29 is 13.2 Å². The predicted molar refractivity (Wildman–Crippen MR) is 71.9 cm³/mol. The second kappa shape index (κ2) is 5.87. The minimum Gasteiger partial charge on any atom is -0.385 e. The number of fused-ring (bicyclic) bond motifs is 1. The first-order chi connectivity index (χ1) is 9.06. The standard InChI is InChI=1S/C11H14ClN3O3S/c1-18-8-4-6-13-19(16,17)11-10(12)14-9-5-2-3-7-15(9)11/h2-3,5,7,13H,4,6,8H2,1H3. The number of methoxy groups -OCH3 is 1. The Labute approximate surface area is 116 Å². The van der Waals surface area contributed by atoms with E-state index in [4.69, 9.17) is 16.3 Å². The van der Waals surface area contributed by atoms with E-state index in [0.29, 0.717) is 18.7 Å². The molecule has 2 rings (SSSR count). The molecule has 0 aromatic carbocycles. The number of halogens is 1. The third-order valence-corrected chi connectivity index (χ3v) is 4.38. The topological polar surface area (TPSA) is 72.7 Å². The van der Waals surface area contributed by atoms with Gasteiger partial charge in [-0.05, 0) is 18.6 Å². The first-order valence-electron chi connectivity index (χ1n) is 5.67. The third kappa shape index (κ3) is 3.06. The van der Waals surface area contributed by atoms with E-state index in [9.17, 15) is 8.42 Å². The van der Waals surface area contributed by atoms with Crippen LogP contribution in [0, 0.1) is 0 Å². The van der Waals surface area contributed by atoms with Gasteiger partial charge < -0.3 is 4.74 Å². The molecule has 2 heterocycles. The minimum atomic E-state index is -3.69. The summed E-state index contributed by atoms with van der Waals surface area (Å²) in [4.78, 5) is 4.01. The fourth-order valence-electron chi connectivity index (χ4n) is 1.68. The maximum atomic E-state index is 12.2. The van der Waals surface area contributed by atoms with Crippen LogP contribution in [-0.2, 0) is 14.8 Å². The maximum absolute atomic E-state index is 12.2. The fraction of sp³-hybridized carbons (Fsp3) is 0.364. The van der Waals surface area contributed by atoms with Crippen LogP contribution in [0.2, 0.25) is 5.15 Å². The van der Waals surface area contributed by atoms with Gasteiger partial charge in [0.1, 0.15) is 5.65 Å². The van der Waals surface area contributed by atoms with Crippen molar-refractivity contribution >= 4 is 27.3 Å². The predicted octanol–water partition coefficient (Wildman–Crippen LogP) is 1.30. The molecule has 0 unspecified atom stereocenters. The zero-order valence-corrected chi connectivity index (χ0v) is 11.9. The Morgan fingerprint density at radius 3 is 3.00 bits per heavy atom. The molecule has 0 saturated heterocycles. The molecule has 0 radical (unpaired) electrons. The summed E-state index contributed by atoms with van der Waals surface area (Å²) in [6.07, 6.45) is 2.20. The molecule has 1 N–H and O–H groups in total. The van der Waals surface area contributed by atoms with Crippen LogP contribution in [0.1, 0.15) is 6.42 Å². The summed E-state index contributed by atoms with van der Waals surface area (Å²) < 4.78 is 33.2. The molecule has 6 nitrogen and oxygen atoms in total. The van der Waals surface area contributed by atoms with Crippen molar-refractivity contribution in [3.8, 4) is 0 Å². The van der Waals surface area contributed by atoms with Crippen LogP contribution in [0.5, 0.6) is 0 Å². The second-order valence-electron chi connectivity index (χ2n) is 3.88. The van der Waals surface area contributed by atoms with E-state index in [1.807, 2.05) is 0 Å². The number of hydrogen-bond donors (Lipinski definition) is 1. The van der Waals surface area contributed by atoms with Crippen molar-refractivity contribution in [2.24, 2.45) is 0 Å². The lowest BCUT2D eigenvalue weighted by Crippen LogP contribution is -2.26. The molecular weight excluding hydrogens is 290 g/mol. The summed E-state index contributed by atoms with van der Waals surface area (Å²) in [6, 6.07) is 5.17. The van der Waals surface area contributed by atoms with E-state index < -0.39 is 10.0 Å². The number of nitrogens with one attached hydrogen (secondary N) is 1. The second-order valence-corrected chi connectivity index (χ2v) is 5.92. The number of aromatic nitrogens is 2. The van der Waals surface area contributed by atoms with Crippen LogP contribution < -0.4 is 4.72 Å². The molecule has 0 spiro atoms. The van der Waals surface area contributed by atoms with Crippen LogP contribution in [0.15, 0.2) is 29.4 Å². The number of nitrogens with zero attached hydrogens (tertiary/aromatic N) is 2. The van der Waals surface area contributed by atoms with Crippen molar-refractivity contribution in [1.82, 2.24) is 14.1 Å². The third-order valence-electron chi connectivity index (χ3n) is 2.52. The first-order valence-corrected chi connectivity index (χ1v) is 7.53. The van der Waals surface area contributed by atoms with E-state index in [1.54, 1.807) is 31.5 Å². The highest BCUT2D eigenvalue weighted by atomic mass is 35.5.